The van der Waals surface area contributed by atoms with Gasteiger partial charge < -0.3 is 5.32 Å². The maximum Gasteiger partial charge on any atom is 0.273 e. The molecule has 0 bridgehead atoms. The smallest absolute Gasteiger partial charge is 0.273 e. The molecule has 0 radical (unpaired) electrons. The predicted octanol–water partition coefficient (Wildman–Crippen LogP) is 2.37. The lowest BCUT2D eigenvalue weighted by Gasteiger charge is -2.09. The van der Waals surface area contributed by atoms with Crippen molar-refractivity contribution in [2.45, 2.75) is 0 Å². The second kappa shape index (κ2) is 6.89. The minimum absolute atomic E-state index is 0.306. The van der Waals surface area contributed by atoms with Gasteiger partial charge in [-0.05, 0) is 36.4 Å². The van der Waals surface area contributed by atoms with Crippen LogP contribution in [0, 0.1) is 0 Å². The Hall–Kier alpha value is -3.94. The monoisotopic (exact) mass is 343 g/mol. The number of nitrogens with one attached hydrogen (secondary N) is 1. The van der Waals surface area contributed by atoms with E-state index >= 15 is 0 Å². The van der Waals surface area contributed by atoms with E-state index in [2.05, 4.69) is 30.2 Å². The number of hydrogen-bond donors (Lipinski definition) is 1. The molecule has 4 rings (SSSR count). The van der Waals surface area contributed by atoms with E-state index in [4.69, 9.17) is 0 Å². The minimum atomic E-state index is -0.306. The molecule has 0 fully saturated rings. The number of pyridine rings is 1. The van der Waals surface area contributed by atoms with E-state index < -0.39 is 0 Å². The summed E-state index contributed by atoms with van der Waals surface area (Å²) < 4.78 is 1.68. The first kappa shape index (κ1) is 15.6. The summed E-state index contributed by atoms with van der Waals surface area (Å²) in [5.74, 6) is 1.13. The molecular weight excluding hydrogens is 330 g/mol. The van der Waals surface area contributed by atoms with Crippen LogP contribution in [0.1, 0.15) is 10.5 Å². The van der Waals surface area contributed by atoms with Crippen molar-refractivity contribution < 1.29 is 4.79 Å². The molecule has 1 N–H and O–H groups in total. The van der Waals surface area contributed by atoms with E-state index in [1.165, 1.54) is 6.33 Å². The molecule has 4 aromatic rings. The average molecular weight is 343 g/mol. The number of rotatable bonds is 4. The van der Waals surface area contributed by atoms with Crippen LogP contribution in [0.2, 0.25) is 0 Å². The molecule has 0 unspecified atom stereocenters. The zero-order valence-corrected chi connectivity index (χ0v) is 13.5. The average Bonchev–Trinajstić information content (AvgIpc) is 3.20. The highest BCUT2D eigenvalue weighted by atomic mass is 16.2. The third-order valence-corrected chi connectivity index (χ3v) is 3.59. The highest BCUT2D eigenvalue weighted by molar-refractivity contribution is 6.03. The lowest BCUT2D eigenvalue weighted by molar-refractivity contribution is 0.102. The quantitative estimate of drug-likeness (QED) is 0.611. The molecule has 126 valence electrons. The maximum absolute atomic E-state index is 12.7. The van der Waals surface area contributed by atoms with Crippen molar-refractivity contribution in [3.8, 4) is 17.3 Å². The molecule has 26 heavy (non-hydrogen) atoms. The zero-order valence-electron chi connectivity index (χ0n) is 13.5. The second-order valence-corrected chi connectivity index (χ2v) is 5.27. The second-order valence-electron chi connectivity index (χ2n) is 5.27. The van der Waals surface area contributed by atoms with Crippen LogP contribution in [0.25, 0.3) is 17.3 Å². The van der Waals surface area contributed by atoms with Gasteiger partial charge in [0.25, 0.3) is 5.91 Å². The molecule has 0 saturated carbocycles. The lowest BCUT2D eigenvalue weighted by Crippen LogP contribution is -2.17. The summed E-state index contributed by atoms with van der Waals surface area (Å²) in [7, 11) is 0. The Morgan fingerprint density at radius 2 is 1.88 bits per heavy atom. The van der Waals surface area contributed by atoms with Gasteiger partial charge >= 0.3 is 0 Å². The Kier molecular flexibility index (Phi) is 4.13. The molecule has 8 heteroatoms. The Bertz CT molecular complexity index is 1030. The molecule has 0 atom stereocenters. The van der Waals surface area contributed by atoms with Crippen molar-refractivity contribution in [3.05, 3.63) is 79.3 Å². The molecule has 0 aliphatic carbocycles. The first-order valence-corrected chi connectivity index (χ1v) is 7.81. The Labute approximate surface area is 148 Å². The van der Waals surface area contributed by atoms with Gasteiger partial charge in [-0.3, -0.25) is 14.3 Å². The van der Waals surface area contributed by atoms with Gasteiger partial charge in [-0.15, -0.1) is 0 Å². The van der Waals surface area contributed by atoms with Crippen LogP contribution >= 0.6 is 0 Å². The van der Waals surface area contributed by atoms with E-state index in [1.54, 1.807) is 59.7 Å². The number of anilines is 1. The fraction of sp³-hybridized carbons (Fsp3) is 0. The normalized spacial score (nSPS) is 10.5. The summed E-state index contributed by atoms with van der Waals surface area (Å²) in [6.07, 6.45) is 8.05. The van der Waals surface area contributed by atoms with E-state index in [9.17, 15) is 4.79 Å². The Balaban J connectivity index is 1.60. The number of aromatic nitrogens is 6. The fourth-order valence-electron chi connectivity index (χ4n) is 2.42. The van der Waals surface area contributed by atoms with E-state index in [1.807, 2.05) is 12.1 Å². The van der Waals surface area contributed by atoms with Crippen LogP contribution in [-0.4, -0.2) is 35.4 Å². The number of amides is 1. The Morgan fingerprint density at radius 3 is 2.69 bits per heavy atom. The van der Waals surface area contributed by atoms with Crippen LogP contribution in [0.15, 0.2) is 73.6 Å². The standard InChI is InChI=1S/C18H13N7O/c26-18(14-5-3-11-25(14)16-7-9-19-12-22-16)24-15-6-10-21-17(23-15)13-4-1-2-8-20-13/h1-12H,(H,21,23,24,26). The maximum atomic E-state index is 12.7. The summed E-state index contributed by atoms with van der Waals surface area (Å²) in [6.45, 7) is 0. The molecule has 0 spiro atoms. The fourth-order valence-corrected chi connectivity index (χ4v) is 2.42. The molecule has 8 nitrogen and oxygen atoms in total. The Morgan fingerprint density at radius 1 is 0.923 bits per heavy atom. The first-order chi connectivity index (χ1) is 12.8. The zero-order chi connectivity index (χ0) is 17.8. The number of nitrogens with zero attached hydrogens (tertiary/aromatic N) is 6. The van der Waals surface area contributed by atoms with Gasteiger partial charge in [0.15, 0.2) is 5.82 Å². The van der Waals surface area contributed by atoms with Gasteiger partial charge in [-0.2, -0.15) is 0 Å². The molecular formula is C18H13N7O. The largest absolute Gasteiger partial charge is 0.305 e. The van der Waals surface area contributed by atoms with Gasteiger partial charge in [-0.1, -0.05) is 6.07 Å². The van der Waals surface area contributed by atoms with Crippen LogP contribution in [0.4, 0.5) is 5.82 Å². The third kappa shape index (κ3) is 3.16. The van der Waals surface area contributed by atoms with Gasteiger partial charge in [0.2, 0.25) is 0 Å². The molecule has 0 aliphatic rings. The lowest BCUT2D eigenvalue weighted by atomic mass is 10.3. The van der Waals surface area contributed by atoms with Crippen LogP contribution in [0.5, 0.6) is 0 Å². The minimum Gasteiger partial charge on any atom is -0.305 e. The van der Waals surface area contributed by atoms with E-state index in [0.29, 0.717) is 28.8 Å². The number of carbonyl (C=O) groups excluding carboxylic acids is 1. The van der Waals surface area contributed by atoms with Crippen molar-refractivity contribution in [1.82, 2.24) is 29.5 Å². The summed E-state index contributed by atoms with van der Waals surface area (Å²) >= 11 is 0. The van der Waals surface area contributed by atoms with Crippen molar-refractivity contribution >= 4 is 11.7 Å². The molecule has 0 saturated heterocycles. The molecule has 0 aliphatic heterocycles. The van der Waals surface area contributed by atoms with Crippen LogP contribution < -0.4 is 5.32 Å². The summed E-state index contributed by atoms with van der Waals surface area (Å²) in [6, 6.07) is 12.3. The molecule has 4 aromatic heterocycles. The van der Waals surface area contributed by atoms with E-state index in [0.717, 1.165) is 0 Å². The van der Waals surface area contributed by atoms with Crippen LogP contribution in [0.3, 0.4) is 0 Å². The SMILES string of the molecule is O=C(Nc1ccnc(-c2ccccn2)n1)c1cccn1-c1ccncn1. The van der Waals surface area contributed by atoms with Gasteiger partial charge in [-0.25, -0.2) is 19.9 Å². The van der Waals surface area contributed by atoms with Gasteiger partial charge in [0.1, 0.15) is 29.4 Å². The van der Waals surface area contributed by atoms with Gasteiger partial charge in [0, 0.05) is 24.8 Å². The first-order valence-electron chi connectivity index (χ1n) is 7.81. The molecule has 4 heterocycles. The summed E-state index contributed by atoms with van der Waals surface area (Å²) in [5, 5.41) is 2.78. The molecule has 0 aromatic carbocycles. The summed E-state index contributed by atoms with van der Waals surface area (Å²) in [5.41, 5.74) is 1.06. The highest BCUT2D eigenvalue weighted by Gasteiger charge is 2.14. The summed E-state index contributed by atoms with van der Waals surface area (Å²) in [4.78, 5) is 33.5. The van der Waals surface area contributed by atoms with Crippen molar-refractivity contribution in [3.63, 3.8) is 0 Å². The number of hydrogen-bond acceptors (Lipinski definition) is 6. The van der Waals surface area contributed by atoms with Crippen molar-refractivity contribution in [2.75, 3.05) is 5.32 Å². The molecule has 1 amide bonds. The topological polar surface area (TPSA) is 98.5 Å². The number of carbonyl (C=O) groups is 1. The van der Waals surface area contributed by atoms with E-state index in [-0.39, 0.29) is 5.91 Å². The van der Waals surface area contributed by atoms with Gasteiger partial charge in [0.05, 0.1) is 0 Å². The van der Waals surface area contributed by atoms with Crippen LogP contribution in [-0.2, 0) is 0 Å². The predicted molar refractivity (Wildman–Crippen MR) is 94.6 cm³/mol. The van der Waals surface area contributed by atoms with Crippen molar-refractivity contribution in [1.29, 1.82) is 0 Å². The third-order valence-electron chi connectivity index (χ3n) is 3.59. The highest BCUT2D eigenvalue weighted by Crippen LogP contribution is 2.15. The van der Waals surface area contributed by atoms with Crippen molar-refractivity contribution in [2.24, 2.45) is 0 Å².